The third-order valence-electron chi connectivity index (χ3n) is 1.78. The molecule has 12 heavy (non-hydrogen) atoms. The largest absolute Gasteiger partial charge is 0.340 e. The SMILES string of the molecule is CNC(=O)N1C=CC(C)(C)C=C1. The molecule has 1 aliphatic rings. The van der Waals surface area contributed by atoms with Gasteiger partial charge in [-0.05, 0) is 0 Å². The van der Waals surface area contributed by atoms with Crippen LogP contribution in [0, 0.1) is 5.41 Å². The molecular weight excluding hydrogens is 152 g/mol. The van der Waals surface area contributed by atoms with Crippen molar-refractivity contribution >= 4 is 6.03 Å². The average molecular weight is 166 g/mol. The topological polar surface area (TPSA) is 32.3 Å². The van der Waals surface area contributed by atoms with E-state index >= 15 is 0 Å². The predicted molar refractivity (Wildman–Crippen MR) is 48.4 cm³/mol. The predicted octanol–water partition coefficient (Wildman–Crippen LogP) is 1.70. The summed E-state index contributed by atoms with van der Waals surface area (Å²) in [4.78, 5) is 12.6. The fourth-order valence-corrected chi connectivity index (χ4v) is 0.915. The lowest BCUT2D eigenvalue weighted by atomic mass is 9.92. The summed E-state index contributed by atoms with van der Waals surface area (Å²) in [5, 5.41) is 2.55. The van der Waals surface area contributed by atoms with Crippen molar-refractivity contribution in [1.82, 2.24) is 10.2 Å². The lowest BCUT2D eigenvalue weighted by Crippen LogP contribution is -2.32. The Labute approximate surface area is 72.7 Å². The first-order valence-electron chi connectivity index (χ1n) is 3.94. The highest BCUT2D eigenvalue weighted by molar-refractivity contribution is 5.76. The van der Waals surface area contributed by atoms with Gasteiger partial charge in [-0.15, -0.1) is 0 Å². The number of carbonyl (C=O) groups excluding carboxylic acids is 1. The van der Waals surface area contributed by atoms with Gasteiger partial charge >= 0.3 is 6.03 Å². The lowest BCUT2D eigenvalue weighted by Gasteiger charge is -2.23. The molecule has 0 bridgehead atoms. The highest BCUT2D eigenvalue weighted by Crippen LogP contribution is 2.23. The van der Waals surface area contributed by atoms with Crippen molar-refractivity contribution in [3.63, 3.8) is 0 Å². The van der Waals surface area contributed by atoms with Crippen molar-refractivity contribution in [3.8, 4) is 0 Å². The van der Waals surface area contributed by atoms with Crippen molar-refractivity contribution in [2.24, 2.45) is 5.41 Å². The second-order valence-electron chi connectivity index (χ2n) is 3.42. The maximum Gasteiger partial charge on any atom is 0.325 e. The van der Waals surface area contributed by atoms with Crippen LogP contribution >= 0.6 is 0 Å². The molecule has 0 radical (unpaired) electrons. The van der Waals surface area contributed by atoms with Crippen LogP contribution in [0.1, 0.15) is 13.8 Å². The summed E-state index contributed by atoms with van der Waals surface area (Å²) in [6.07, 6.45) is 7.53. The quantitative estimate of drug-likeness (QED) is 0.583. The van der Waals surface area contributed by atoms with Gasteiger partial charge in [-0.25, -0.2) is 4.79 Å². The Morgan fingerprint density at radius 3 is 2.25 bits per heavy atom. The van der Waals surface area contributed by atoms with E-state index in [9.17, 15) is 4.79 Å². The minimum Gasteiger partial charge on any atom is -0.340 e. The Balaban J connectivity index is 2.67. The fraction of sp³-hybridized carbons (Fsp3) is 0.444. The third-order valence-corrected chi connectivity index (χ3v) is 1.78. The minimum atomic E-state index is -0.113. The average Bonchev–Trinajstić information content (AvgIpc) is 2.03. The first kappa shape index (κ1) is 8.84. The molecule has 0 aromatic rings. The van der Waals surface area contributed by atoms with Gasteiger partial charge in [0.25, 0.3) is 0 Å². The monoisotopic (exact) mass is 166 g/mol. The van der Waals surface area contributed by atoms with E-state index < -0.39 is 0 Å². The second kappa shape index (κ2) is 3.01. The van der Waals surface area contributed by atoms with Crippen LogP contribution in [0.25, 0.3) is 0 Å². The van der Waals surface area contributed by atoms with Gasteiger partial charge in [0, 0.05) is 24.9 Å². The van der Waals surface area contributed by atoms with Gasteiger partial charge in [-0.3, -0.25) is 4.90 Å². The molecule has 0 aromatic carbocycles. The van der Waals surface area contributed by atoms with E-state index in [4.69, 9.17) is 0 Å². The summed E-state index contributed by atoms with van der Waals surface area (Å²) in [6.45, 7) is 4.17. The van der Waals surface area contributed by atoms with Crippen molar-refractivity contribution in [2.75, 3.05) is 7.05 Å². The number of rotatable bonds is 0. The summed E-state index contributed by atoms with van der Waals surface area (Å²) < 4.78 is 0. The summed E-state index contributed by atoms with van der Waals surface area (Å²) in [6, 6.07) is -0.113. The molecule has 0 unspecified atom stereocenters. The van der Waals surface area contributed by atoms with Crippen LogP contribution in [0.4, 0.5) is 4.79 Å². The van der Waals surface area contributed by atoms with E-state index in [1.165, 1.54) is 4.90 Å². The Morgan fingerprint density at radius 1 is 1.33 bits per heavy atom. The van der Waals surface area contributed by atoms with Gasteiger partial charge < -0.3 is 5.32 Å². The van der Waals surface area contributed by atoms with E-state index in [2.05, 4.69) is 19.2 Å². The van der Waals surface area contributed by atoms with Crippen LogP contribution in [0.2, 0.25) is 0 Å². The maximum atomic E-state index is 11.1. The summed E-state index contributed by atoms with van der Waals surface area (Å²) in [7, 11) is 1.61. The van der Waals surface area contributed by atoms with Crippen LogP contribution in [0.3, 0.4) is 0 Å². The maximum absolute atomic E-state index is 11.1. The molecule has 0 saturated carbocycles. The molecule has 0 aromatic heterocycles. The van der Waals surface area contributed by atoms with E-state index in [1.54, 1.807) is 19.4 Å². The van der Waals surface area contributed by atoms with Crippen LogP contribution in [0.15, 0.2) is 24.6 Å². The number of hydrogen-bond donors (Lipinski definition) is 1. The van der Waals surface area contributed by atoms with Gasteiger partial charge in [0.05, 0.1) is 0 Å². The molecular formula is C9H14N2O. The first-order chi connectivity index (χ1) is 5.55. The summed E-state index contributed by atoms with van der Waals surface area (Å²) in [5.74, 6) is 0. The second-order valence-corrected chi connectivity index (χ2v) is 3.42. The smallest absolute Gasteiger partial charge is 0.325 e. The summed E-state index contributed by atoms with van der Waals surface area (Å²) in [5.41, 5.74) is 0.0600. The van der Waals surface area contributed by atoms with Gasteiger partial charge in [0.1, 0.15) is 0 Å². The normalized spacial score (nSPS) is 19.4. The van der Waals surface area contributed by atoms with Crippen LogP contribution < -0.4 is 5.32 Å². The molecule has 1 rings (SSSR count). The number of allylic oxidation sites excluding steroid dienone is 2. The number of hydrogen-bond acceptors (Lipinski definition) is 1. The molecule has 3 heteroatoms. The highest BCUT2D eigenvalue weighted by atomic mass is 16.2. The Hall–Kier alpha value is -1.25. The van der Waals surface area contributed by atoms with Crippen LogP contribution in [0.5, 0.6) is 0 Å². The Bertz CT molecular complexity index is 225. The zero-order valence-corrected chi connectivity index (χ0v) is 7.66. The van der Waals surface area contributed by atoms with Crippen molar-refractivity contribution in [1.29, 1.82) is 0 Å². The molecule has 3 nitrogen and oxygen atoms in total. The number of carbonyl (C=O) groups is 1. The third kappa shape index (κ3) is 1.87. The molecule has 0 spiro atoms. The molecule has 1 heterocycles. The number of nitrogens with one attached hydrogen (secondary N) is 1. The molecule has 1 N–H and O–H groups in total. The van der Waals surface area contributed by atoms with E-state index in [0.717, 1.165) is 0 Å². The number of nitrogens with zero attached hydrogens (tertiary/aromatic N) is 1. The van der Waals surface area contributed by atoms with Gasteiger partial charge in [0.2, 0.25) is 0 Å². The zero-order valence-electron chi connectivity index (χ0n) is 7.66. The van der Waals surface area contributed by atoms with Crippen LogP contribution in [-0.4, -0.2) is 18.0 Å². The molecule has 0 aliphatic carbocycles. The molecule has 0 fully saturated rings. The molecule has 66 valence electrons. The Morgan fingerprint density at radius 2 is 1.83 bits per heavy atom. The van der Waals surface area contributed by atoms with Gasteiger partial charge in [-0.2, -0.15) is 0 Å². The number of urea groups is 1. The van der Waals surface area contributed by atoms with E-state index in [-0.39, 0.29) is 11.4 Å². The van der Waals surface area contributed by atoms with Crippen molar-refractivity contribution in [3.05, 3.63) is 24.6 Å². The number of amides is 2. The molecule has 0 atom stereocenters. The lowest BCUT2D eigenvalue weighted by molar-refractivity contribution is 0.227. The zero-order chi connectivity index (χ0) is 9.19. The molecule has 0 saturated heterocycles. The first-order valence-corrected chi connectivity index (χ1v) is 3.94. The van der Waals surface area contributed by atoms with E-state index in [0.29, 0.717) is 0 Å². The van der Waals surface area contributed by atoms with Crippen LogP contribution in [-0.2, 0) is 0 Å². The van der Waals surface area contributed by atoms with Crippen molar-refractivity contribution in [2.45, 2.75) is 13.8 Å². The highest BCUT2D eigenvalue weighted by Gasteiger charge is 2.16. The Kier molecular flexibility index (Phi) is 2.22. The molecule has 2 amide bonds. The van der Waals surface area contributed by atoms with Gasteiger partial charge in [0.15, 0.2) is 0 Å². The minimum absolute atomic E-state index is 0.0600. The fourth-order valence-electron chi connectivity index (χ4n) is 0.915. The molecule has 1 aliphatic heterocycles. The summed E-state index contributed by atoms with van der Waals surface area (Å²) >= 11 is 0. The van der Waals surface area contributed by atoms with E-state index in [1.807, 2.05) is 12.2 Å². The van der Waals surface area contributed by atoms with Crippen molar-refractivity contribution < 1.29 is 4.79 Å². The van der Waals surface area contributed by atoms with Gasteiger partial charge in [-0.1, -0.05) is 26.0 Å². The standard InChI is InChI=1S/C9H14N2O/c1-9(2)4-6-11(7-5-9)8(12)10-3/h4-7H,1-3H3,(H,10,12).